The quantitative estimate of drug-likeness (QED) is 0.0195. The van der Waals surface area contributed by atoms with E-state index < -0.39 is 113 Å². The lowest BCUT2D eigenvalue weighted by atomic mass is 9.84. The number of phosphoric acid groups is 1. The van der Waals surface area contributed by atoms with Crippen molar-refractivity contribution in [2.45, 2.75) is 273 Å². The molecule has 0 radical (unpaired) electrons. The summed E-state index contributed by atoms with van der Waals surface area (Å²) in [5.74, 6) is -1.20. The highest BCUT2D eigenvalue weighted by Gasteiger charge is 2.55. The number of unbranched alkanes of at least 4 members (excludes halogenated alkanes) is 25. The number of rotatable bonds is 40. The zero-order chi connectivity index (χ0) is 49.5. The number of carbonyl (C=O) groups excluding carboxylic acids is 2. The first-order chi connectivity index (χ1) is 32.2. The van der Waals surface area contributed by atoms with Crippen molar-refractivity contribution in [1.82, 2.24) is 0 Å². The van der Waals surface area contributed by atoms with Gasteiger partial charge in [-0.3, -0.25) is 18.6 Å². The second-order valence-electron chi connectivity index (χ2n) is 18.7. The molecule has 9 N–H and O–H groups in total. The van der Waals surface area contributed by atoms with Gasteiger partial charge in [-0.2, -0.15) is 0 Å². The number of ether oxygens (including phenoxy) is 4. The molecule has 0 aromatic rings. The summed E-state index contributed by atoms with van der Waals surface area (Å²) in [6, 6.07) is 0. The number of carbonyl (C=O) groups is 2. The van der Waals surface area contributed by atoms with Crippen molar-refractivity contribution in [3.05, 3.63) is 0 Å². The molecule has 0 bridgehead atoms. The molecule has 1 aliphatic carbocycles. The maximum atomic E-state index is 13.4. The third-order valence-electron chi connectivity index (χ3n) is 12.8. The molecule has 18 nitrogen and oxygen atoms in total. The fourth-order valence-electron chi connectivity index (χ4n) is 8.53. The lowest BCUT2D eigenvalue weighted by molar-refractivity contribution is -0.338. The van der Waals surface area contributed by atoms with Crippen molar-refractivity contribution >= 4 is 19.8 Å². The van der Waals surface area contributed by atoms with Crippen LogP contribution in [0, 0.1) is 0 Å². The Balaban J connectivity index is 1.94. The predicted octanol–water partition coefficient (Wildman–Crippen LogP) is 5.94. The molecular formula is C48H91O18P. The first kappa shape index (κ1) is 61.8. The van der Waals surface area contributed by atoms with Crippen LogP contribution in [-0.4, -0.2) is 151 Å². The van der Waals surface area contributed by atoms with E-state index >= 15 is 0 Å². The van der Waals surface area contributed by atoms with Gasteiger partial charge in [0.05, 0.1) is 13.2 Å². The van der Waals surface area contributed by atoms with E-state index in [0.717, 1.165) is 51.4 Å². The number of esters is 2. The molecule has 19 heteroatoms. The van der Waals surface area contributed by atoms with Gasteiger partial charge in [-0.1, -0.05) is 174 Å². The van der Waals surface area contributed by atoms with Gasteiger partial charge in [0.2, 0.25) is 0 Å². The van der Waals surface area contributed by atoms with Gasteiger partial charge < -0.3 is 64.7 Å². The van der Waals surface area contributed by atoms with Gasteiger partial charge in [0.15, 0.2) is 12.4 Å². The van der Waals surface area contributed by atoms with E-state index in [0.29, 0.717) is 12.8 Å². The first-order valence-electron chi connectivity index (χ1n) is 25.9. The normalized spacial score (nSPS) is 28.0. The summed E-state index contributed by atoms with van der Waals surface area (Å²) >= 11 is 0. The Labute approximate surface area is 400 Å². The van der Waals surface area contributed by atoms with Crippen molar-refractivity contribution in [2.24, 2.45) is 0 Å². The Morgan fingerprint density at radius 3 is 1.33 bits per heavy atom. The fourth-order valence-corrected chi connectivity index (χ4v) is 9.50. The standard InChI is InChI=1S/C48H91O18P/c1-3-5-7-9-11-13-15-17-19-21-23-25-27-29-31-38(51)63-35(33-61-37(50)30-28-26-24-22-20-18-16-14-12-10-8-6-4-2)34-62-67(59,60)66-47-44(57)42(55)41(54)43(56)46(47)65-48-45(58)40(53)39(52)36(32-49)64-48/h35-36,39-49,52-58H,3-34H2,1-2H3,(H,59,60). The van der Waals surface area contributed by atoms with Crippen LogP contribution in [0.15, 0.2) is 0 Å². The molecule has 2 aliphatic rings. The lowest BCUT2D eigenvalue weighted by Gasteiger charge is -2.47. The topological polar surface area (TPSA) is 289 Å². The molecule has 0 spiro atoms. The van der Waals surface area contributed by atoms with E-state index in [1.165, 1.54) is 109 Å². The van der Waals surface area contributed by atoms with Crippen molar-refractivity contribution in [1.29, 1.82) is 0 Å². The van der Waals surface area contributed by atoms with Crippen LogP contribution in [0.3, 0.4) is 0 Å². The van der Waals surface area contributed by atoms with Crippen LogP contribution in [0.1, 0.15) is 200 Å². The minimum atomic E-state index is -5.37. The number of aliphatic hydroxyl groups excluding tert-OH is 8. The summed E-state index contributed by atoms with van der Waals surface area (Å²) in [5.41, 5.74) is 0. The van der Waals surface area contributed by atoms with Crippen molar-refractivity contribution in [3.8, 4) is 0 Å². The fraction of sp³-hybridized carbons (Fsp3) is 0.958. The minimum absolute atomic E-state index is 0.0397. The Morgan fingerprint density at radius 2 is 0.896 bits per heavy atom. The highest BCUT2D eigenvalue weighted by atomic mass is 31.2. The average molecular weight is 987 g/mol. The SMILES string of the molecule is CCCCCCCCCCCCCCCCC(=O)OC(COC(=O)CCCCCCCCCCCCCCC)COP(=O)(O)OC1C(O)C(O)C(O)C(O)C1OC1OC(CO)C(O)C(O)C1O. The third-order valence-corrected chi connectivity index (χ3v) is 13.8. The van der Waals surface area contributed by atoms with Gasteiger partial charge in [0, 0.05) is 12.8 Å². The van der Waals surface area contributed by atoms with Crippen LogP contribution < -0.4 is 0 Å². The van der Waals surface area contributed by atoms with Crippen LogP contribution in [0.4, 0.5) is 0 Å². The zero-order valence-electron chi connectivity index (χ0n) is 40.7. The van der Waals surface area contributed by atoms with E-state index in [2.05, 4.69) is 13.8 Å². The first-order valence-corrected chi connectivity index (χ1v) is 27.4. The van der Waals surface area contributed by atoms with E-state index in [4.69, 9.17) is 28.0 Å². The number of phosphoric ester groups is 1. The van der Waals surface area contributed by atoms with E-state index in [1.54, 1.807) is 0 Å². The Bertz CT molecular complexity index is 1310. The number of hydrogen-bond acceptors (Lipinski definition) is 17. The maximum absolute atomic E-state index is 13.4. The highest BCUT2D eigenvalue weighted by molar-refractivity contribution is 7.47. The zero-order valence-corrected chi connectivity index (χ0v) is 41.6. The highest BCUT2D eigenvalue weighted by Crippen LogP contribution is 2.48. The molecule has 0 aromatic heterocycles. The van der Waals surface area contributed by atoms with Crippen LogP contribution in [0.5, 0.6) is 0 Å². The molecular weight excluding hydrogens is 895 g/mol. The summed E-state index contributed by atoms with van der Waals surface area (Å²) in [6.07, 6.45) is 7.55. The monoisotopic (exact) mass is 987 g/mol. The maximum Gasteiger partial charge on any atom is 0.472 e. The van der Waals surface area contributed by atoms with Gasteiger partial charge in [0.1, 0.15) is 67.6 Å². The van der Waals surface area contributed by atoms with Crippen molar-refractivity contribution < 1.29 is 87.9 Å². The molecule has 1 aliphatic heterocycles. The third kappa shape index (κ3) is 25.6. The summed E-state index contributed by atoms with van der Waals surface area (Å²) in [4.78, 5) is 36.5. The summed E-state index contributed by atoms with van der Waals surface area (Å²) in [7, 11) is -5.37. The van der Waals surface area contributed by atoms with Crippen molar-refractivity contribution in [3.63, 3.8) is 0 Å². The molecule has 1 saturated heterocycles. The predicted molar refractivity (Wildman–Crippen MR) is 249 cm³/mol. The summed E-state index contributed by atoms with van der Waals surface area (Å²) in [5, 5.41) is 82.9. The van der Waals surface area contributed by atoms with Crippen LogP contribution in [0.2, 0.25) is 0 Å². The smallest absolute Gasteiger partial charge is 0.462 e. The molecule has 396 valence electrons. The molecule has 1 saturated carbocycles. The Kier molecular flexibility index (Phi) is 33.7. The van der Waals surface area contributed by atoms with Gasteiger partial charge in [0.25, 0.3) is 0 Å². The van der Waals surface area contributed by atoms with Crippen LogP contribution >= 0.6 is 7.82 Å². The van der Waals surface area contributed by atoms with Gasteiger partial charge >= 0.3 is 19.8 Å². The Morgan fingerprint density at radius 1 is 0.507 bits per heavy atom. The van der Waals surface area contributed by atoms with Gasteiger partial charge in [-0.05, 0) is 12.8 Å². The molecule has 1 heterocycles. The Hall–Kier alpha value is -1.35. The van der Waals surface area contributed by atoms with E-state index in [1.807, 2.05) is 0 Å². The molecule has 13 atom stereocenters. The second-order valence-corrected chi connectivity index (χ2v) is 20.1. The van der Waals surface area contributed by atoms with Crippen LogP contribution in [-0.2, 0) is 42.1 Å². The van der Waals surface area contributed by atoms with Gasteiger partial charge in [-0.25, -0.2) is 4.57 Å². The molecule has 13 unspecified atom stereocenters. The molecule has 2 fully saturated rings. The average Bonchev–Trinajstić information content (AvgIpc) is 3.31. The molecule has 0 amide bonds. The molecule has 0 aromatic carbocycles. The lowest BCUT2D eigenvalue weighted by Crippen LogP contribution is -2.67. The molecule has 67 heavy (non-hydrogen) atoms. The van der Waals surface area contributed by atoms with Crippen molar-refractivity contribution in [2.75, 3.05) is 19.8 Å². The van der Waals surface area contributed by atoms with E-state index in [-0.39, 0.29) is 12.8 Å². The largest absolute Gasteiger partial charge is 0.472 e. The van der Waals surface area contributed by atoms with Gasteiger partial charge in [-0.15, -0.1) is 0 Å². The number of hydrogen-bond donors (Lipinski definition) is 9. The second kappa shape index (κ2) is 36.6. The number of aliphatic hydroxyl groups is 8. The summed E-state index contributed by atoms with van der Waals surface area (Å²) < 4.78 is 45.5. The van der Waals surface area contributed by atoms with E-state index in [9.17, 15) is 59.9 Å². The summed E-state index contributed by atoms with van der Waals surface area (Å²) in [6.45, 7) is 2.24. The van der Waals surface area contributed by atoms with Crippen LogP contribution in [0.25, 0.3) is 0 Å². The molecule has 2 rings (SSSR count). The minimum Gasteiger partial charge on any atom is -0.462 e.